The molecule has 0 spiro atoms. The second kappa shape index (κ2) is 5.60. The summed E-state index contributed by atoms with van der Waals surface area (Å²) in [4.78, 5) is 12.0. The van der Waals surface area contributed by atoms with Gasteiger partial charge in [0.15, 0.2) is 0 Å². The van der Waals surface area contributed by atoms with Crippen molar-refractivity contribution >= 4 is 23.4 Å². The summed E-state index contributed by atoms with van der Waals surface area (Å²) in [5.74, 6) is -0.254. The Hall–Kier alpha value is -1.09. The molecule has 0 saturated carbocycles. The van der Waals surface area contributed by atoms with Gasteiger partial charge in [0.2, 0.25) is 0 Å². The Morgan fingerprint density at radius 2 is 2.43 bits per heavy atom. The van der Waals surface area contributed by atoms with Gasteiger partial charge in [0.25, 0.3) is 0 Å². The van der Waals surface area contributed by atoms with Crippen LogP contribution >= 0.6 is 11.3 Å². The zero-order valence-electron chi connectivity index (χ0n) is 8.45. The van der Waals surface area contributed by atoms with Gasteiger partial charge >= 0.3 is 5.97 Å². The zero-order chi connectivity index (χ0) is 10.4. The van der Waals surface area contributed by atoms with Crippen molar-refractivity contribution in [2.24, 2.45) is 0 Å². The SMILES string of the molecule is CCC/C=C/c1ccsc1C(=O)OC. The third-order valence-electron chi connectivity index (χ3n) is 1.82. The molecular weight excluding hydrogens is 196 g/mol. The van der Waals surface area contributed by atoms with Crippen molar-refractivity contribution in [3.8, 4) is 0 Å². The van der Waals surface area contributed by atoms with Gasteiger partial charge in [-0.2, -0.15) is 0 Å². The number of thiophene rings is 1. The van der Waals surface area contributed by atoms with Crippen molar-refractivity contribution in [1.82, 2.24) is 0 Å². The maximum absolute atomic E-state index is 11.3. The molecule has 1 rings (SSSR count). The predicted octanol–water partition coefficient (Wildman–Crippen LogP) is 3.35. The van der Waals surface area contributed by atoms with E-state index in [1.807, 2.05) is 17.5 Å². The van der Waals surface area contributed by atoms with E-state index in [1.165, 1.54) is 18.4 Å². The van der Waals surface area contributed by atoms with Gasteiger partial charge in [-0.15, -0.1) is 11.3 Å². The van der Waals surface area contributed by atoms with Crippen LogP contribution in [-0.4, -0.2) is 13.1 Å². The molecular formula is C11H14O2S. The molecule has 0 aliphatic rings. The number of methoxy groups -OCH3 is 1. The van der Waals surface area contributed by atoms with E-state index in [4.69, 9.17) is 0 Å². The van der Waals surface area contributed by atoms with Crippen molar-refractivity contribution in [2.45, 2.75) is 19.8 Å². The minimum Gasteiger partial charge on any atom is -0.465 e. The standard InChI is InChI=1S/C11H14O2S/c1-3-4-5-6-9-7-8-14-10(9)11(12)13-2/h5-8H,3-4H2,1-2H3/b6-5+. The van der Waals surface area contributed by atoms with E-state index in [1.54, 1.807) is 0 Å². The first-order valence-corrected chi connectivity index (χ1v) is 5.50. The van der Waals surface area contributed by atoms with E-state index in [2.05, 4.69) is 17.7 Å². The van der Waals surface area contributed by atoms with Gasteiger partial charge in [0.05, 0.1) is 7.11 Å². The molecule has 1 heterocycles. The Bertz CT molecular complexity index is 326. The van der Waals surface area contributed by atoms with Gasteiger partial charge in [-0.3, -0.25) is 0 Å². The molecule has 2 nitrogen and oxygen atoms in total. The lowest BCUT2D eigenvalue weighted by atomic mass is 10.2. The average Bonchev–Trinajstić information content (AvgIpc) is 2.65. The summed E-state index contributed by atoms with van der Waals surface area (Å²) in [6.07, 6.45) is 6.21. The molecule has 0 bridgehead atoms. The first-order chi connectivity index (χ1) is 6.79. The lowest BCUT2D eigenvalue weighted by Crippen LogP contribution is -1.99. The summed E-state index contributed by atoms with van der Waals surface area (Å²) in [5, 5.41) is 1.90. The Morgan fingerprint density at radius 3 is 3.07 bits per heavy atom. The van der Waals surface area contributed by atoms with Crippen LogP contribution in [0.25, 0.3) is 6.08 Å². The van der Waals surface area contributed by atoms with Crippen molar-refractivity contribution in [1.29, 1.82) is 0 Å². The minimum absolute atomic E-state index is 0.254. The highest BCUT2D eigenvalue weighted by Gasteiger charge is 2.10. The monoisotopic (exact) mass is 210 g/mol. The van der Waals surface area contributed by atoms with Gasteiger partial charge in [-0.1, -0.05) is 25.5 Å². The van der Waals surface area contributed by atoms with Gasteiger partial charge in [-0.05, 0) is 23.4 Å². The second-order valence-corrected chi connectivity index (χ2v) is 3.80. The fraction of sp³-hybridized carbons (Fsp3) is 0.364. The summed E-state index contributed by atoms with van der Waals surface area (Å²) in [6.45, 7) is 2.12. The van der Waals surface area contributed by atoms with Gasteiger partial charge < -0.3 is 4.74 Å². The number of carbonyl (C=O) groups excluding carboxylic acids is 1. The normalized spacial score (nSPS) is 10.7. The Kier molecular flexibility index (Phi) is 4.40. The highest BCUT2D eigenvalue weighted by molar-refractivity contribution is 7.12. The lowest BCUT2D eigenvalue weighted by Gasteiger charge is -1.96. The van der Waals surface area contributed by atoms with E-state index in [-0.39, 0.29) is 5.97 Å². The van der Waals surface area contributed by atoms with E-state index in [0.717, 1.165) is 18.4 Å². The van der Waals surface area contributed by atoms with Crippen LogP contribution in [0.5, 0.6) is 0 Å². The summed E-state index contributed by atoms with van der Waals surface area (Å²) < 4.78 is 4.68. The molecule has 3 heteroatoms. The molecule has 0 aliphatic carbocycles. The number of carbonyl (C=O) groups is 1. The van der Waals surface area contributed by atoms with E-state index >= 15 is 0 Å². The summed E-state index contributed by atoms with van der Waals surface area (Å²) in [6, 6.07) is 1.93. The van der Waals surface area contributed by atoms with E-state index in [0.29, 0.717) is 4.88 Å². The van der Waals surface area contributed by atoms with Gasteiger partial charge in [-0.25, -0.2) is 4.79 Å². The molecule has 0 atom stereocenters. The molecule has 0 unspecified atom stereocenters. The topological polar surface area (TPSA) is 26.3 Å². The van der Waals surface area contributed by atoms with Crippen LogP contribution in [-0.2, 0) is 4.74 Å². The third-order valence-corrected chi connectivity index (χ3v) is 2.73. The van der Waals surface area contributed by atoms with Gasteiger partial charge in [0, 0.05) is 0 Å². The van der Waals surface area contributed by atoms with Crippen molar-refractivity contribution < 1.29 is 9.53 Å². The maximum atomic E-state index is 11.3. The first-order valence-electron chi connectivity index (χ1n) is 4.62. The number of allylic oxidation sites excluding steroid dienone is 1. The number of unbranched alkanes of at least 4 members (excludes halogenated alkanes) is 1. The van der Waals surface area contributed by atoms with Crippen molar-refractivity contribution in [3.63, 3.8) is 0 Å². The van der Waals surface area contributed by atoms with E-state index in [9.17, 15) is 4.79 Å². The van der Waals surface area contributed by atoms with Crippen LogP contribution in [0, 0.1) is 0 Å². The molecule has 0 aromatic carbocycles. The lowest BCUT2D eigenvalue weighted by molar-refractivity contribution is 0.0606. The number of hydrogen-bond acceptors (Lipinski definition) is 3. The Balaban J connectivity index is 2.77. The second-order valence-electron chi connectivity index (χ2n) is 2.89. The minimum atomic E-state index is -0.254. The van der Waals surface area contributed by atoms with Crippen LogP contribution in [0.15, 0.2) is 17.5 Å². The third kappa shape index (κ3) is 2.70. The molecule has 1 aromatic rings. The molecule has 14 heavy (non-hydrogen) atoms. The predicted molar refractivity (Wildman–Crippen MR) is 59.6 cm³/mol. The summed E-state index contributed by atoms with van der Waals surface area (Å²) in [7, 11) is 1.40. The average molecular weight is 210 g/mol. The fourth-order valence-corrected chi connectivity index (χ4v) is 1.89. The van der Waals surface area contributed by atoms with Crippen LogP contribution in [0.3, 0.4) is 0 Å². The molecule has 1 aromatic heterocycles. The van der Waals surface area contributed by atoms with Crippen LogP contribution in [0.2, 0.25) is 0 Å². The van der Waals surface area contributed by atoms with E-state index < -0.39 is 0 Å². The fourth-order valence-electron chi connectivity index (χ4n) is 1.09. The number of esters is 1. The highest BCUT2D eigenvalue weighted by Crippen LogP contribution is 2.19. The largest absolute Gasteiger partial charge is 0.465 e. The quantitative estimate of drug-likeness (QED) is 0.712. The van der Waals surface area contributed by atoms with Crippen molar-refractivity contribution in [2.75, 3.05) is 7.11 Å². The van der Waals surface area contributed by atoms with Crippen LogP contribution in [0.4, 0.5) is 0 Å². The summed E-state index contributed by atoms with van der Waals surface area (Å²) >= 11 is 1.41. The molecule has 0 aliphatic heterocycles. The zero-order valence-corrected chi connectivity index (χ0v) is 9.26. The Labute approximate surface area is 88.2 Å². The molecule has 0 fully saturated rings. The first kappa shape index (κ1) is 11.0. The van der Waals surface area contributed by atoms with Gasteiger partial charge in [0.1, 0.15) is 4.88 Å². The molecule has 0 amide bonds. The summed E-state index contributed by atoms with van der Waals surface area (Å²) in [5.41, 5.74) is 0.954. The highest BCUT2D eigenvalue weighted by atomic mass is 32.1. The van der Waals surface area contributed by atoms with Crippen LogP contribution in [0.1, 0.15) is 35.0 Å². The Morgan fingerprint density at radius 1 is 1.64 bits per heavy atom. The molecule has 0 saturated heterocycles. The number of ether oxygens (including phenoxy) is 1. The molecule has 76 valence electrons. The molecule has 0 N–H and O–H groups in total. The number of hydrogen-bond donors (Lipinski definition) is 0. The maximum Gasteiger partial charge on any atom is 0.348 e. The van der Waals surface area contributed by atoms with Crippen LogP contribution < -0.4 is 0 Å². The smallest absolute Gasteiger partial charge is 0.348 e. The molecule has 0 radical (unpaired) electrons. The van der Waals surface area contributed by atoms with Crippen molar-refractivity contribution in [3.05, 3.63) is 28.0 Å². The number of rotatable bonds is 4.